The molecular formula is C16H29N3O. The third-order valence-corrected chi connectivity index (χ3v) is 3.89. The molecule has 1 unspecified atom stereocenters. The van der Waals surface area contributed by atoms with Gasteiger partial charge in [-0.3, -0.25) is 4.79 Å². The van der Waals surface area contributed by atoms with Gasteiger partial charge < -0.3 is 10.3 Å². The Morgan fingerprint density at radius 1 is 1.40 bits per heavy atom. The van der Waals surface area contributed by atoms with Crippen LogP contribution in [0.4, 0.5) is 0 Å². The van der Waals surface area contributed by atoms with Gasteiger partial charge in [0.05, 0.1) is 0 Å². The lowest BCUT2D eigenvalue weighted by Crippen LogP contribution is -2.24. The number of nitrogens with two attached hydrogens (primary N) is 1. The number of aromatic nitrogens is 2. The third kappa shape index (κ3) is 4.75. The summed E-state index contributed by atoms with van der Waals surface area (Å²) in [6.45, 7) is 10.3. The zero-order chi connectivity index (χ0) is 15.2. The molecule has 0 saturated heterocycles. The van der Waals surface area contributed by atoms with Crippen LogP contribution in [0.2, 0.25) is 0 Å². The summed E-state index contributed by atoms with van der Waals surface area (Å²) in [5.41, 5.74) is 5.88. The van der Waals surface area contributed by atoms with E-state index in [1.54, 1.807) is 6.20 Å². The van der Waals surface area contributed by atoms with Crippen molar-refractivity contribution >= 4 is 5.78 Å². The van der Waals surface area contributed by atoms with Gasteiger partial charge in [-0.05, 0) is 37.1 Å². The summed E-state index contributed by atoms with van der Waals surface area (Å²) in [6.07, 6.45) is 7.03. The van der Waals surface area contributed by atoms with E-state index in [1.165, 1.54) is 0 Å². The van der Waals surface area contributed by atoms with Crippen LogP contribution in [0.15, 0.2) is 12.4 Å². The molecule has 114 valence electrons. The number of imidazole rings is 1. The predicted molar refractivity (Wildman–Crippen MR) is 82.7 cm³/mol. The van der Waals surface area contributed by atoms with Gasteiger partial charge in [-0.15, -0.1) is 0 Å². The van der Waals surface area contributed by atoms with Gasteiger partial charge in [0.2, 0.25) is 0 Å². The van der Waals surface area contributed by atoms with Gasteiger partial charge >= 0.3 is 0 Å². The molecule has 1 atom stereocenters. The number of aryl methyl sites for hydroxylation is 1. The molecule has 1 aromatic heterocycles. The van der Waals surface area contributed by atoms with Crippen LogP contribution >= 0.6 is 0 Å². The fourth-order valence-electron chi connectivity index (χ4n) is 2.61. The van der Waals surface area contributed by atoms with Crippen LogP contribution in [0.5, 0.6) is 0 Å². The standard InChI is InChI=1S/C16H29N3O/c1-5-11-19-12-10-18-15(19)14(20)7-6-13(8-9-17)16(2,3)4/h10,12-13H,5-9,11,17H2,1-4H3. The van der Waals surface area contributed by atoms with E-state index in [2.05, 4.69) is 32.7 Å². The second-order valence-electron chi connectivity index (χ2n) is 6.55. The summed E-state index contributed by atoms with van der Waals surface area (Å²) in [7, 11) is 0. The minimum atomic E-state index is 0.148. The molecule has 0 aliphatic rings. The highest BCUT2D eigenvalue weighted by Gasteiger charge is 2.25. The highest BCUT2D eigenvalue weighted by Crippen LogP contribution is 2.32. The first kappa shape index (κ1) is 16.9. The fourth-order valence-corrected chi connectivity index (χ4v) is 2.61. The van der Waals surface area contributed by atoms with E-state index in [9.17, 15) is 4.79 Å². The van der Waals surface area contributed by atoms with Crippen LogP contribution < -0.4 is 5.73 Å². The van der Waals surface area contributed by atoms with Crippen LogP contribution in [0.3, 0.4) is 0 Å². The average Bonchev–Trinajstić information content (AvgIpc) is 2.81. The lowest BCUT2D eigenvalue weighted by Gasteiger charge is -2.30. The topological polar surface area (TPSA) is 60.9 Å². The van der Waals surface area contributed by atoms with Crippen molar-refractivity contribution < 1.29 is 4.79 Å². The molecule has 0 fully saturated rings. The minimum absolute atomic E-state index is 0.148. The summed E-state index contributed by atoms with van der Waals surface area (Å²) in [5, 5.41) is 0. The number of carbonyl (C=O) groups is 1. The molecule has 20 heavy (non-hydrogen) atoms. The Kier molecular flexibility index (Phi) is 6.40. The van der Waals surface area contributed by atoms with Crippen molar-refractivity contribution in [3.63, 3.8) is 0 Å². The summed E-state index contributed by atoms with van der Waals surface area (Å²) < 4.78 is 1.96. The van der Waals surface area contributed by atoms with Crippen molar-refractivity contribution in [2.24, 2.45) is 17.1 Å². The van der Waals surface area contributed by atoms with Crippen molar-refractivity contribution in [3.05, 3.63) is 18.2 Å². The van der Waals surface area contributed by atoms with Crippen LogP contribution in [0, 0.1) is 11.3 Å². The fraction of sp³-hybridized carbons (Fsp3) is 0.750. The molecule has 0 radical (unpaired) electrons. The molecule has 4 heteroatoms. The van der Waals surface area contributed by atoms with E-state index in [0.717, 1.165) is 25.8 Å². The van der Waals surface area contributed by atoms with Crippen molar-refractivity contribution in [2.45, 2.75) is 59.9 Å². The van der Waals surface area contributed by atoms with Crippen molar-refractivity contribution in [3.8, 4) is 0 Å². The second-order valence-corrected chi connectivity index (χ2v) is 6.55. The first-order chi connectivity index (χ1) is 9.40. The number of Topliss-reactive ketones (excluding diaryl/α,β-unsaturated/α-hetero) is 1. The Morgan fingerprint density at radius 2 is 2.10 bits per heavy atom. The number of ketones is 1. The van der Waals surface area contributed by atoms with Gasteiger partial charge in [0.1, 0.15) is 0 Å². The molecule has 0 aliphatic carbocycles. The van der Waals surface area contributed by atoms with Gasteiger partial charge in [0.15, 0.2) is 11.6 Å². The second kappa shape index (κ2) is 7.58. The highest BCUT2D eigenvalue weighted by molar-refractivity contribution is 5.92. The Balaban J connectivity index is 2.63. The van der Waals surface area contributed by atoms with E-state index in [0.29, 0.717) is 24.7 Å². The Labute approximate surface area is 122 Å². The van der Waals surface area contributed by atoms with E-state index in [4.69, 9.17) is 5.73 Å². The van der Waals surface area contributed by atoms with Crippen LogP contribution in [0.25, 0.3) is 0 Å². The summed E-state index contributed by atoms with van der Waals surface area (Å²) >= 11 is 0. The normalized spacial score (nSPS) is 13.4. The molecule has 0 bridgehead atoms. The molecule has 0 aromatic carbocycles. The van der Waals surface area contributed by atoms with Gasteiger partial charge in [0, 0.05) is 25.4 Å². The van der Waals surface area contributed by atoms with E-state index in [1.807, 2.05) is 10.8 Å². The highest BCUT2D eigenvalue weighted by atomic mass is 16.1. The first-order valence-electron chi connectivity index (χ1n) is 7.64. The van der Waals surface area contributed by atoms with Crippen LogP contribution in [0.1, 0.15) is 64.0 Å². The summed E-state index contributed by atoms with van der Waals surface area (Å²) in [4.78, 5) is 16.5. The first-order valence-corrected chi connectivity index (χ1v) is 7.64. The minimum Gasteiger partial charge on any atom is -0.330 e. The summed E-state index contributed by atoms with van der Waals surface area (Å²) in [6, 6.07) is 0. The Hall–Kier alpha value is -1.16. The third-order valence-electron chi connectivity index (χ3n) is 3.89. The maximum absolute atomic E-state index is 12.3. The molecule has 0 amide bonds. The lowest BCUT2D eigenvalue weighted by atomic mass is 9.76. The number of rotatable bonds is 8. The molecule has 0 aliphatic heterocycles. The molecule has 4 nitrogen and oxygen atoms in total. The molecule has 1 heterocycles. The number of nitrogens with zero attached hydrogens (tertiary/aromatic N) is 2. The zero-order valence-electron chi connectivity index (χ0n) is 13.4. The largest absolute Gasteiger partial charge is 0.330 e. The number of hydrogen-bond donors (Lipinski definition) is 1. The van der Waals surface area contributed by atoms with Crippen molar-refractivity contribution in [1.29, 1.82) is 0 Å². The van der Waals surface area contributed by atoms with Gasteiger partial charge in [-0.25, -0.2) is 4.98 Å². The monoisotopic (exact) mass is 279 g/mol. The average molecular weight is 279 g/mol. The van der Waals surface area contributed by atoms with E-state index < -0.39 is 0 Å². The van der Waals surface area contributed by atoms with Crippen molar-refractivity contribution in [1.82, 2.24) is 9.55 Å². The van der Waals surface area contributed by atoms with E-state index >= 15 is 0 Å². The zero-order valence-corrected chi connectivity index (χ0v) is 13.4. The SMILES string of the molecule is CCCn1ccnc1C(=O)CCC(CCN)C(C)(C)C. The predicted octanol–water partition coefficient (Wildman–Crippen LogP) is 3.27. The van der Waals surface area contributed by atoms with Gasteiger partial charge in [-0.2, -0.15) is 0 Å². The van der Waals surface area contributed by atoms with Crippen LogP contribution in [-0.4, -0.2) is 21.9 Å². The maximum atomic E-state index is 12.3. The Morgan fingerprint density at radius 3 is 2.65 bits per heavy atom. The molecular weight excluding hydrogens is 250 g/mol. The molecule has 2 N–H and O–H groups in total. The molecule has 1 rings (SSSR count). The maximum Gasteiger partial charge on any atom is 0.198 e. The lowest BCUT2D eigenvalue weighted by molar-refractivity contribution is 0.0943. The van der Waals surface area contributed by atoms with Crippen molar-refractivity contribution in [2.75, 3.05) is 6.54 Å². The smallest absolute Gasteiger partial charge is 0.198 e. The molecule has 0 saturated carbocycles. The summed E-state index contributed by atoms with van der Waals surface area (Å²) in [5.74, 6) is 1.23. The number of hydrogen-bond acceptors (Lipinski definition) is 3. The van der Waals surface area contributed by atoms with Gasteiger partial charge in [0.25, 0.3) is 0 Å². The van der Waals surface area contributed by atoms with Crippen LogP contribution in [-0.2, 0) is 6.54 Å². The quantitative estimate of drug-likeness (QED) is 0.743. The number of carbonyl (C=O) groups excluding carboxylic acids is 1. The molecule has 0 spiro atoms. The Bertz CT molecular complexity index is 418. The van der Waals surface area contributed by atoms with E-state index in [-0.39, 0.29) is 11.2 Å². The molecule has 1 aromatic rings. The van der Waals surface area contributed by atoms with Gasteiger partial charge in [-0.1, -0.05) is 27.7 Å².